The van der Waals surface area contributed by atoms with E-state index in [0.717, 1.165) is 22.5 Å². The van der Waals surface area contributed by atoms with Gasteiger partial charge in [0.1, 0.15) is 11.5 Å². The zero-order valence-corrected chi connectivity index (χ0v) is 20.0. The zero-order chi connectivity index (χ0) is 25.6. The highest BCUT2D eigenvalue weighted by Crippen LogP contribution is 2.23. The fourth-order valence-corrected chi connectivity index (χ4v) is 3.04. The van der Waals surface area contributed by atoms with E-state index in [1.165, 1.54) is 12.4 Å². The summed E-state index contributed by atoms with van der Waals surface area (Å²) in [6.07, 6.45) is 3.07. The molecule has 0 aliphatic rings. The van der Waals surface area contributed by atoms with Gasteiger partial charge in [0.05, 0.1) is 51.1 Å². The number of benzene rings is 3. The van der Waals surface area contributed by atoms with Crippen LogP contribution < -0.4 is 31.0 Å². The standard InChI is InChI=1S/C26H28N6O4/c1-35-23-9-5-3-7-21(23)27-17-25(33)31-29-15-19-11-13-20(14-12-19)16-30-32-26(34)18-28-22-8-4-6-10-24(22)36-2/h3-16,27-28H,17-18H2,1-2H3,(H,31,33)(H,32,34)/b29-15-,30-16-. The molecule has 0 atom stereocenters. The minimum absolute atomic E-state index is 0.0489. The number of nitrogens with zero attached hydrogens (tertiary/aromatic N) is 2. The molecule has 0 bridgehead atoms. The van der Waals surface area contributed by atoms with Gasteiger partial charge in [0.2, 0.25) is 0 Å². The minimum Gasteiger partial charge on any atom is -0.495 e. The first kappa shape index (κ1) is 25.8. The van der Waals surface area contributed by atoms with Gasteiger partial charge in [-0.2, -0.15) is 10.2 Å². The van der Waals surface area contributed by atoms with Crippen LogP contribution in [0.2, 0.25) is 0 Å². The molecule has 0 heterocycles. The Balaban J connectivity index is 1.39. The molecule has 10 nitrogen and oxygen atoms in total. The fraction of sp³-hybridized carbons (Fsp3) is 0.154. The highest BCUT2D eigenvalue weighted by atomic mass is 16.5. The number of amides is 2. The molecule has 2 amide bonds. The van der Waals surface area contributed by atoms with Crippen molar-refractivity contribution in [2.24, 2.45) is 10.2 Å². The Hall–Kier alpha value is -4.86. The van der Waals surface area contributed by atoms with Gasteiger partial charge >= 0.3 is 0 Å². The summed E-state index contributed by atoms with van der Waals surface area (Å²) in [5, 5.41) is 13.9. The molecule has 0 spiro atoms. The van der Waals surface area contributed by atoms with Crippen LogP contribution in [0.4, 0.5) is 11.4 Å². The molecule has 186 valence electrons. The molecule has 0 aliphatic carbocycles. The Bertz CT molecular complexity index is 1120. The summed E-state index contributed by atoms with van der Waals surface area (Å²) >= 11 is 0. The summed E-state index contributed by atoms with van der Waals surface area (Å²) < 4.78 is 10.5. The molecule has 0 fully saturated rings. The molecule has 4 N–H and O–H groups in total. The summed E-state index contributed by atoms with van der Waals surface area (Å²) in [5.74, 6) is 0.719. The molecule has 0 unspecified atom stereocenters. The lowest BCUT2D eigenvalue weighted by molar-refractivity contribution is -0.120. The molecule has 0 aromatic heterocycles. The van der Waals surface area contributed by atoms with Gasteiger partial charge in [-0.05, 0) is 35.4 Å². The quantitative estimate of drug-likeness (QED) is 0.230. The first-order valence-electron chi connectivity index (χ1n) is 11.1. The lowest BCUT2D eigenvalue weighted by atomic mass is 10.2. The van der Waals surface area contributed by atoms with E-state index in [2.05, 4.69) is 31.7 Å². The van der Waals surface area contributed by atoms with Gasteiger partial charge in [-0.25, -0.2) is 10.9 Å². The van der Waals surface area contributed by atoms with Crippen molar-refractivity contribution < 1.29 is 19.1 Å². The van der Waals surface area contributed by atoms with Crippen molar-refractivity contribution in [2.75, 3.05) is 37.9 Å². The highest BCUT2D eigenvalue weighted by molar-refractivity contribution is 5.87. The Morgan fingerprint density at radius 2 is 1.06 bits per heavy atom. The maximum absolute atomic E-state index is 12.0. The third-order valence-corrected chi connectivity index (χ3v) is 4.83. The molecule has 0 radical (unpaired) electrons. The topological polar surface area (TPSA) is 125 Å². The van der Waals surface area contributed by atoms with Crippen LogP contribution in [-0.2, 0) is 9.59 Å². The van der Waals surface area contributed by atoms with Crippen LogP contribution >= 0.6 is 0 Å². The molecule has 0 saturated heterocycles. The normalized spacial score (nSPS) is 10.7. The van der Waals surface area contributed by atoms with E-state index in [-0.39, 0.29) is 24.9 Å². The molecule has 36 heavy (non-hydrogen) atoms. The molecule has 3 aromatic rings. The van der Waals surface area contributed by atoms with E-state index in [1.54, 1.807) is 14.2 Å². The number of methoxy groups -OCH3 is 2. The lowest BCUT2D eigenvalue weighted by Gasteiger charge is -2.09. The zero-order valence-electron chi connectivity index (χ0n) is 20.0. The van der Waals surface area contributed by atoms with Crippen LogP contribution in [0.15, 0.2) is 83.0 Å². The average molecular weight is 489 g/mol. The summed E-state index contributed by atoms with van der Waals surface area (Å²) in [6.45, 7) is 0.0977. The van der Waals surface area contributed by atoms with Crippen molar-refractivity contribution in [3.05, 3.63) is 83.9 Å². The number of ether oxygens (including phenoxy) is 2. The maximum Gasteiger partial charge on any atom is 0.259 e. The van der Waals surface area contributed by atoms with Crippen LogP contribution in [0.25, 0.3) is 0 Å². The second kappa shape index (κ2) is 13.8. The second-order valence-corrected chi connectivity index (χ2v) is 7.36. The third kappa shape index (κ3) is 8.17. The van der Waals surface area contributed by atoms with Crippen molar-refractivity contribution in [1.82, 2.24) is 10.9 Å². The molecule has 3 rings (SSSR count). The summed E-state index contributed by atoms with van der Waals surface area (Å²) in [7, 11) is 3.14. The number of para-hydroxylation sites is 4. The Morgan fingerprint density at radius 3 is 1.44 bits per heavy atom. The molecule has 3 aromatic carbocycles. The number of carbonyl (C=O) groups is 2. The van der Waals surface area contributed by atoms with Gasteiger partial charge in [-0.1, -0.05) is 48.5 Å². The maximum atomic E-state index is 12.0. The summed E-state index contributed by atoms with van der Waals surface area (Å²) in [6, 6.07) is 21.9. The van der Waals surface area contributed by atoms with Crippen LogP contribution in [0.5, 0.6) is 11.5 Å². The minimum atomic E-state index is -0.295. The van der Waals surface area contributed by atoms with Crippen LogP contribution in [0.1, 0.15) is 11.1 Å². The second-order valence-electron chi connectivity index (χ2n) is 7.36. The molecular weight excluding hydrogens is 460 g/mol. The van der Waals surface area contributed by atoms with Crippen LogP contribution in [0, 0.1) is 0 Å². The lowest BCUT2D eigenvalue weighted by Crippen LogP contribution is -2.26. The van der Waals surface area contributed by atoms with Crippen molar-refractivity contribution >= 4 is 35.6 Å². The van der Waals surface area contributed by atoms with Gasteiger partial charge in [-0.3, -0.25) is 9.59 Å². The van der Waals surface area contributed by atoms with Gasteiger partial charge in [0, 0.05) is 0 Å². The van der Waals surface area contributed by atoms with E-state index in [9.17, 15) is 9.59 Å². The predicted molar refractivity (Wildman–Crippen MR) is 141 cm³/mol. The molecular formula is C26H28N6O4. The first-order chi connectivity index (χ1) is 17.6. The summed E-state index contributed by atoms with van der Waals surface area (Å²) in [4.78, 5) is 24.0. The number of hydrogen-bond acceptors (Lipinski definition) is 8. The Labute approximate surface area is 209 Å². The number of rotatable bonds is 12. The SMILES string of the molecule is COc1ccccc1NCC(=O)N/N=C\c1ccc(/C=N\NC(=O)CNc2ccccc2OC)cc1. The highest BCUT2D eigenvalue weighted by Gasteiger charge is 2.05. The van der Waals surface area contributed by atoms with Crippen molar-refractivity contribution in [3.63, 3.8) is 0 Å². The summed E-state index contributed by atoms with van der Waals surface area (Å²) in [5.41, 5.74) is 7.96. The Kier molecular flexibility index (Phi) is 9.84. The Morgan fingerprint density at radius 1 is 0.667 bits per heavy atom. The number of hydrogen-bond donors (Lipinski definition) is 4. The first-order valence-corrected chi connectivity index (χ1v) is 11.1. The van der Waals surface area contributed by atoms with Crippen LogP contribution in [0.3, 0.4) is 0 Å². The monoisotopic (exact) mass is 488 g/mol. The van der Waals surface area contributed by atoms with Gasteiger partial charge in [0.25, 0.3) is 11.8 Å². The van der Waals surface area contributed by atoms with E-state index < -0.39 is 0 Å². The largest absolute Gasteiger partial charge is 0.495 e. The van der Waals surface area contributed by atoms with E-state index in [0.29, 0.717) is 11.5 Å². The molecule has 0 saturated carbocycles. The van der Waals surface area contributed by atoms with Crippen molar-refractivity contribution in [3.8, 4) is 11.5 Å². The van der Waals surface area contributed by atoms with Crippen molar-refractivity contribution in [1.29, 1.82) is 0 Å². The predicted octanol–water partition coefficient (Wildman–Crippen LogP) is 2.83. The fourth-order valence-electron chi connectivity index (χ4n) is 3.04. The number of nitrogens with one attached hydrogen (secondary N) is 4. The van der Waals surface area contributed by atoms with E-state index >= 15 is 0 Å². The smallest absolute Gasteiger partial charge is 0.259 e. The number of hydrazone groups is 2. The van der Waals surface area contributed by atoms with E-state index in [4.69, 9.17) is 9.47 Å². The average Bonchev–Trinajstić information content (AvgIpc) is 2.92. The van der Waals surface area contributed by atoms with Gasteiger partial charge < -0.3 is 20.1 Å². The number of carbonyl (C=O) groups excluding carboxylic acids is 2. The van der Waals surface area contributed by atoms with E-state index in [1.807, 2.05) is 72.8 Å². The molecule has 10 heteroatoms. The van der Waals surface area contributed by atoms with Crippen molar-refractivity contribution in [2.45, 2.75) is 0 Å². The number of anilines is 2. The van der Waals surface area contributed by atoms with Gasteiger partial charge in [-0.15, -0.1) is 0 Å². The van der Waals surface area contributed by atoms with Crippen LogP contribution in [-0.4, -0.2) is 51.6 Å². The molecule has 0 aliphatic heterocycles. The third-order valence-electron chi connectivity index (χ3n) is 4.83. The van der Waals surface area contributed by atoms with Gasteiger partial charge in [0.15, 0.2) is 0 Å².